The van der Waals surface area contributed by atoms with Gasteiger partial charge in [0.25, 0.3) is 0 Å². The summed E-state index contributed by atoms with van der Waals surface area (Å²) >= 11 is 0. The Morgan fingerprint density at radius 1 is 1.41 bits per heavy atom. The lowest BCUT2D eigenvalue weighted by atomic mass is 10.1. The average molecular weight is 240 g/mol. The summed E-state index contributed by atoms with van der Waals surface area (Å²) in [6, 6.07) is 4.64. The average Bonchev–Trinajstić information content (AvgIpc) is 2.39. The summed E-state index contributed by atoms with van der Waals surface area (Å²) in [5.41, 5.74) is 1.15. The fraction of sp³-hybridized carbons (Fsp3) is 0.538. The Bertz CT molecular complexity index is 362. The van der Waals surface area contributed by atoms with Crippen LogP contribution in [-0.4, -0.2) is 18.0 Å². The minimum atomic E-state index is -0.384. The van der Waals surface area contributed by atoms with Crippen molar-refractivity contribution in [2.75, 3.05) is 6.61 Å². The van der Waals surface area contributed by atoms with Gasteiger partial charge in [-0.2, -0.15) is 0 Å². The van der Waals surface area contributed by atoms with Gasteiger partial charge < -0.3 is 14.6 Å². The van der Waals surface area contributed by atoms with Gasteiger partial charge in [0.15, 0.2) is 6.29 Å². The molecule has 0 radical (unpaired) electrons. The van der Waals surface area contributed by atoms with Gasteiger partial charge in [0.2, 0.25) is 0 Å². The van der Waals surface area contributed by atoms with Gasteiger partial charge in [0, 0.05) is 12.2 Å². The summed E-state index contributed by atoms with van der Waals surface area (Å²) in [7, 11) is 0. The fourth-order valence-electron chi connectivity index (χ4n) is 1.87. The highest BCUT2D eigenvalue weighted by Gasteiger charge is 2.14. The zero-order valence-corrected chi connectivity index (χ0v) is 9.69. The van der Waals surface area contributed by atoms with E-state index in [1.807, 2.05) is 0 Å². The standard InChI is InChI=1S/C13H17FO3/c14-12-5-4-10(7-11(12)8-15)9-17-13-3-1-2-6-16-13/h4-5,7,13,15H,1-3,6,8-9H2. The summed E-state index contributed by atoms with van der Waals surface area (Å²) in [6.07, 6.45) is 2.97. The number of halogens is 1. The van der Waals surface area contributed by atoms with Crippen molar-refractivity contribution in [1.82, 2.24) is 0 Å². The fourth-order valence-corrected chi connectivity index (χ4v) is 1.87. The molecule has 1 unspecified atom stereocenters. The summed E-state index contributed by atoms with van der Waals surface area (Å²) in [5.74, 6) is -0.384. The molecule has 1 aliphatic heterocycles. The van der Waals surface area contributed by atoms with Gasteiger partial charge in [-0.15, -0.1) is 0 Å². The number of benzene rings is 1. The van der Waals surface area contributed by atoms with Crippen molar-refractivity contribution in [2.45, 2.75) is 38.8 Å². The molecule has 0 amide bonds. The van der Waals surface area contributed by atoms with Crippen LogP contribution in [0.2, 0.25) is 0 Å². The Morgan fingerprint density at radius 2 is 2.29 bits per heavy atom. The van der Waals surface area contributed by atoms with Crippen LogP contribution in [0.15, 0.2) is 18.2 Å². The van der Waals surface area contributed by atoms with Crippen molar-refractivity contribution in [3.05, 3.63) is 35.1 Å². The predicted octanol–water partition coefficient (Wildman–Crippen LogP) is 2.36. The Balaban J connectivity index is 1.89. The van der Waals surface area contributed by atoms with Crippen LogP contribution < -0.4 is 0 Å². The van der Waals surface area contributed by atoms with Gasteiger partial charge >= 0.3 is 0 Å². The molecule has 3 nitrogen and oxygen atoms in total. The molecule has 0 aromatic heterocycles. The van der Waals surface area contributed by atoms with E-state index in [4.69, 9.17) is 14.6 Å². The topological polar surface area (TPSA) is 38.7 Å². The van der Waals surface area contributed by atoms with Crippen LogP contribution in [0.1, 0.15) is 30.4 Å². The molecule has 1 aromatic carbocycles. The third kappa shape index (κ3) is 3.49. The molecule has 94 valence electrons. The minimum Gasteiger partial charge on any atom is -0.392 e. The van der Waals surface area contributed by atoms with E-state index in [-0.39, 0.29) is 18.7 Å². The minimum absolute atomic E-state index is 0.147. The zero-order valence-electron chi connectivity index (χ0n) is 9.69. The van der Waals surface area contributed by atoms with Crippen LogP contribution in [0.3, 0.4) is 0 Å². The van der Waals surface area contributed by atoms with Crippen LogP contribution in [0.4, 0.5) is 4.39 Å². The molecule has 0 bridgehead atoms. The highest BCUT2D eigenvalue weighted by Crippen LogP contribution is 2.17. The quantitative estimate of drug-likeness (QED) is 0.878. The first-order valence-electron chi connectivity index (χ1n) is 5.91. The maximum absolute atomic E-state index is 13.1. The van der Waals surface area contributed by atoms with Crippen LogP contribution in [-0.2, 0) is 22.7 Å². The van der Waals surface area contributed by atoms with Crippen molar-refractivity contribution in [3.8, 4) is 0 Å². The normalized spacial score (nSPS) is 20.5. The number of aliphatic hydroxyl groups is 1. The number of hydrogen-bond donors (Lipinski definition) is 1. The first-order chi connectivity index (χ1) is 8.29. The van der Waals surface area contributed by atoms with Gasteiger partial charge in [-0.3, -0.25) is 0 Å². The molecule has 0 aliphatic carbocycles. The molecule has 1 atom stereocenters. The van der Waals surface area contributed by atoms with E-state index in [2.05, 4.69) is 0 Å². The summed E-state index contributed by atoms with van der Waals surface area (Å²) in [4.78, 5) is 0. The van der Waals surface area contributed by atoms with Crippen LogP contribution >= 0.6 is 0 Å². The second kappa shape index (κ2) is 6.10. The predicted molar refractivity (Wildman–Crippen MR) is 60.7 cm³/mol. The Kier molecular flexibility index (Phi) is 4.48. The van der Waals surface area contributed by atoms with E-state index in [0.29, 0.717) is 12.2 Å². The smallest absolute Gasteiger partial charge is 0.158 e. The second-order valence-corrected chi connectivity index (χ2v) is 4.19. The van der Waals surface area contributed by atoms with E-state index in [0.717, 1.165) is 31.4 Å². The van der Waals surface area contributed by atoms with E-state index >= 15 is 0 Å². The molecule has 1 saturated heterocycles. The Hall–Kier alpha value is -0.970. The van der Waals surface area contributed by atoms with Gasteiger partial charge in [0.05, 0.1) is 13.2 Å². The van der Waals surface area contributed by atoms with Crippen molar-refractivity contribution in [3.63, 3.8) is 0 Å². The number of hydrogen-bond acceptors (Lipinski definition) is 3. The summed E-state index contributed by atoms with van der Waals surface area (Å²) in [5, 5.41) is 8.95. The van der Waals surface area contributed by atoms with Crippen molar-refractivity contribution >= 4 is 0 Å². The van der Waals surface area contributed by atoms with E-state index < -0.39 is 0 Å². The summed E-state index contributed by atoms with van der Waals surface area (Å²) < 4.78 is 24.2. The molecule has 1 aliphatic rings. The third-order valence-corrected chi connectivity index (χ3v) is 2.85. The maximum Gasteiger partial charge on any atom is 0.158 e. The molecule has 1 fully saturated rings. The highest BCUT2D eigenvalue weighted by atomic mass is 19.1. The Morgan fingerprint density at radius 3 is 3.00 bits per heavy atom. The van der Waals surface area contributed by atoms with E-state index in [1.54, 1.807) is 12.1 Å². The van der Waals surface area contributed by atoms with Crippen molar-refractivity contribution in [1.29, 1.82) is 0 Å². The summed E-state index contributed by atoms with van der Waals surface area (Å²) in [6.45, 7) is 0.841. The molecule has 1 heterocycles. The number of ether oxygens (including phenoxy) is 2. The van der Waals surface area contributed by atoms with Gasteiger partial charge in [-0.05, 0) is 37.0 Å². The lowest BCUT2D eigenvalue weighted by Gasteiger charge is -2.22. The Labute approximate surface area is 100 Å². The maximum atomic E-state index is 13.1. The number of aliphatic hydroxyl groups excluding tert-OH is 1. The van der Waals surface area contributed by atoms with E-state index in [1.165, 1.54) is 6.07 Å². The molecular formula is C13H17FO3. The first kappa shape index (κ1) is 12.5. The first-order valence-corrected chi connectivity index (χ1v) is 5.91. The molecule has 0 spiro atoms. The zero-order chi connectivity index (χ0) is 12.1. The molecule has 2 rings (SSSR count). The van der Waals surface area contributed by atoms with Crippen LogP contribution in [0, 0.1) is 5.82 Å². The molecular weight excluding hydrogens is 223 g/mol. The highest BCUT2D eigenvalue weighted by molar-refractivity contribution is 5.24. The lowest BCUT2D eigenvalue weighted by molar-refractivity contribution is -0.168. The second-order valence-electron chi connectivity index (χ2n) is 4.19. The molecule has 1 N–H and O–H groups in total. The monoisotopic (exact) mass is 240 g/mol. The van der Waals surface area contributed by atoms with Gasteiger partial charge in [-0.1, -0.05) is 6.07 Å². The molecule has 1 aromatic rings. The van der Waals surface area contributed by atoms with Gasteiger partial charge in [0.1, 0.15) is 5.82 Å². The molecule has 17 heavy (non-hydrogen) atoms. The van der Waals surface area contributed by atoms with Crippen molar-refractivity contribution in [2.24, 2.45) is 0 Å². The molecule has 0 saturated carbocycles. The van der Waals surface area contributed by atoms with Crippen LogP contribution in [0.5, 0.6) is 0 Å². The van der Waals surface area contributed by atoms with Crippen molar-refractivity contribution < 1.29 is 19.0 Å². The largest absolute Gasteiger partial charge is 0.392 e. The van der Waals surface area contributed by atoms with E-state index in [9.17, 15) is 4.39 Å². The SMILES string of the molecule is OCc1cc(COC2CCCCO2)ccc1F. The third-order valence-electron chi connectivity index (χ3n) is 2.85. The molecule has 4 heteroatoms. The number of rotatable bonds is 4. The lowest BCUT2D eigenvalue weighted by Crippen LogP contribution is -2.22. The van der Waals surface area contributed by atoms with Gasteiger partial charge in [-0.25, -0.2) is 4.39 Å². The van der Waals surface area contributed by atoms with Crippen LogP contribution in [0.25, 0.3) is 0 Å².